The van der Waals surface area contributed by atoms with Gasteiger partial charge in [0.2, 0.25) is 0 Å². The van der Waals surface area contributed by atoms with E-state index in [1.807, 2.05) is 0 Å². The van der Waals surface area contributed by atoms with Crippen LogP contribution in [0.15, 0.2) is 16.7 Å². The molecule has 1 aliphatic rings. The van der Waals surface area contributed by atoms with Gasteiger partial charge in [-0.05, 0) is 21.8 Å². The third kappa shape index (κ3) is 1.74. The molecule has 0 bridgehead atoms. The summed E-state index contributed by atoms with van der Waals surface area (Å²) in [5, 5.41) is 13.4. The molecule has 94 valence electrons. The van der Waals surface area contributed by atoms with Crippen molar-refractivity contribution in [2.24, 2.45) is 5.92 Å². The number of carboxylic acids is 1. The molecule has 0 aromatic carbocycles. The summed E-state index contributed by atoms with van der Waals surface area (Å²) < 4.78 is 2.31. The number of carbonyl (C=O) groups is 1. The Hall–Kier alpha value is -1.63. The second-order valence-corrected chi connectivity index (χ2v) is 5.36. The molecule has 0 amide bonds. The summed E-state index contributed by atoms with van der Waals surface area (Å²) in [6.07, 6.45) is 0. The van der Waals surface area contributed by atoms with E-state index in [0.717, 1.165) is 18.9 Å². The normalized spacial score (nSPS) is 16.0. The largest absolute Gasteiger partial charge is 0.477 e. The second kappa shape index (κ2) is 3.94. The van der Waals surface area contributed by atoms with E-state index in [9.17, 15) is 4.79 Å². The number of fused-ring (bicyclic) bond motifs is 1. The van der Waals surface area contributed by atoms with Crippen molar-refractivity contribution in [3.05, 3.63) is 22.4 Å². The molecule has 0 atom stereocenters. The van der Waals surface area contributed by atoms with Gasteiger partial charge in [-0.25, -0.2) is 9.78 Å². The van der Waals surface area contributed by atoms with Crippen LogP contribution in [0.25, 0.3) is 5.65 Å². The maximum atomic E-state index is 11.1. The topological polar surface area (TPSA) is 70.7 Å². The van der Waals surface area contributed by atoms with Crippen LogP contribution in [0.5, 0.6) is 0 Å². The predicted molar refractivity (Wildman–Crippen MR) is 69.0 cm³/mol. The van der Waals surface area contributed by atoms with Crippen molar-refractivity contribution < 1.29 is 9.90 Å². The van der Waals surface area contributed by atoms with E-state index in [-0.39, 0.29) is 5.69 Å². The summed E-state index contributed by atoms with van der Waals surface area (Å²) in [4.78, 5) is 17.2. The molecular formula is C11H11BrN4O2. The molecule has 0 saturated carbocycles. The van der Waals surface area contributed by atoms with Crippen molar-refractivity contribution in [3.8, 4) is 0 Å². The van der Waals surface area contributed by atoms with E-state index in [0.29, 0.717) is 16.2 Å². The Morgan fingerprint density at radius 1 is 1.50 bits per heavy atom. The van der Waals surface area contributed by atoms with Gasteiger partial charge in [0.25, 0.3) is 0 Å². The summed E-state index contributed by atoms with van der Waals surface area (Å²) in [7, 11) is 0. The molecule has 3 heterocycles. The highest BCUT2D eigenvalue weighted by Gasteiger charge is 2.26. The lowest BCUT2D eigenvalue weighted by Gasteiger charge is -2.38. The Balaban J connectivity index is 2.17. The van der Waals surface area contributed by atoms with Gasteiger partial charge >= 0.3 is 5.97 Å². The number of aromatic nitrogens is 3. The van der Waals surface area contributed by atoms with Crippen LogP contribution in [0.3, 0.4) is 0 Å². The number of anilines is 1. The summed E-state index contributed by atoms with van der Waals surface area (Å²) in [6.45, 7) is 3.98. The predicted octanol–water partition coefficient (Wildman–Crippen LogP) is 1.65. The third-order valence-electron chi connectivity index (χ3n) is 2.99. The fraction of sp³-hybridized carbons (Fsp3) is 0.364. The van der Waals surface area contributed by atoms with Crippen molar-refractivity contribution in [1.29, 1.82) is 0 Å². The van der Waals surface area contributed by atoms with E-state index in [1.165, 1.54) is 0 Å². The highest BCUT2D eigenvalue weighted by Crippen LogP contribution is 2.26. The monoisotopic (exact) mass is 310 g/mol. The van der Waals surface area contributed by atoms with Gasteiger partial charge in [0, 0.05) is 25.2 Å². The highest BCUT2D eigenvalue weighted by molar-refractivity contribution is 9.10. The first kappa shape index (κ1) is 11.5. The Labute approximate surface area is 111 Å². The lowest BCUT2D eigenvalue weighted by Crippen LogP contribution is -2.46. The zero-order valence-electron chi connectivity index (χ0n) is 9.67. The first-order chi connectivity index (χ1) is 8.54. The highest BCUT2D eigenvalue weighted by atomic mass is 79.9. The van der Waals surface area contributed by atoms with Gasteiger partial charge in [0.05, 0.1) is 0 Å². The Kier molecular flexibility index (Phi) is 2.51. The molecule has 1 fully saturated rings. The van der Waals surface area contributed by atoms with Crippen LogP contribution in [-0.2, 0) is 0 Å². The van der Waals surface area contributed by atoms with E-state index < -0.39 is 5.97 Å². The van der Waals surface area contributed by atoms with Crippen molar-refractivity contribution in [2.75, 3.05) is 18.0 Å². The molecule has 0 aliphatic carbocycles. The second-order valence-electron chi connectivity index (χ2n) is 4.55. The number of hydrogen-bond acceptors (Lipinski definition) is 4. The number of hydrogen-bond donors (Lipinski definition) is 1. The van der Waals surface area contributed by atoms with Gasteiger partial charge in [0.1, 0.15) is 10.4 Å². The SMILES string of the molecule is CC1CN(c2cc(C(=O)O)nc3cc(Br)nn23)C1. The number of aromatic carboxylic acids is 1. The molecule has 1 N–H and O–H groups in total. The van der Waals surface area contributed by atoms with Crippen LogP contribution in [0, 0.1) is 5.92 Å². The zero-order chi connectivity index (χ0) is 12.9. The molecule has 2 aromatic rings. The van der Waals surface area contributed by atoms with Gasteiger partial charge in [-0.2, -0.15) is 9.61 Å². The average molecular weight is 311 g/mol. The first-order valence-electron chi connectivity index (χ1n) is 5.59. The van der Waals surface area contributed by atoms with E-state index >= 15 is 0 Å². The molecular weight excluding hydrogens is 300 g/mol. The Morgan fingerprint density at radius 3 is 2.83 bits per heavy atom. The molecule has 6 nitrogen and oxygen atoms in total. The molecule has 1 aliphatic heterocycles. The standard InChI is InChI=1S/C11H11BrN4O2/c1-6-4-15(5-6)10-2-7(11(17)18)13-9-3-8(12)14-16(9)10/h2-3,6H,4-5H2,1H3,(H,17,18). The van der Waals surface area contributed by atoms with Gasteiger partial charge in [-0.15, -0.1) is 0 Å². The van der Waals surface area contributed by atoms with Crippen LogP contribution in [0.1, 0.15) is 17.4 Å². The van der Waals surface area contributed by atoms with Crippen molar-refractivity contribution >= 4 is 33.4 Å². The van der Waals surface area contributed by atoms with Gasteiger partial charge in [-0.1, -0.05) is 6.92 Å². The van der Waals surface area contributed by atoms with Crippen molar-refractivity contribution in [3.63, 3.8) is 0 Å². The average Bonchev–Trinajstić information content (AvgIpc) is 2.63. The number of nitrogens with zero attached hydrogens (tertiary/aromatic N) is 4. The molecule has 3 rings (SSSR count). The maximum absolute atomic E-state index is 11.1. The summed E-state index contributed by atoms with van der Waals surface area (Å²) >= 11 is 3.28. The van der Waals surface area contributed by atoms with Crippen LogP contribution >= 0.6 is 15.9 Å². The van der Waals surface area contributed by atoms with E-state index in [4.69, 9.17) is 5.11 Å². The molecule has 0 unspecified atom stereocenters. The Bertz CT molecular complexity index is 633. The van der Waals surface area contributed by atoms with Crippen LogP contribution in [-0.4, -0.2) is 38.8 Å². The summed E-state index contributed by atoms with van der Waals surface area (Å²) in [5.74, 6) is 0.381. The lowest BCUT2D eigenvalue weighted by molar-refractivity contribution is 0.0690. The maximum Gasteiger partial charge on any atom is 0.354 e. The summed E-state index contributed by atoms with van der Waals surface area (Å²) in [6, 6.07) is 3.28. The smallest absolute Gasteiger partial charge is 0.354 e. The van der Waals surface area contributed by atoms with Crippen LogP contribution in [0.4, 0.5) is 5.82 Å². The zero-order valence-corrected chi connectivity index (χ0v) is 11.3. The minimum absolute atomic E-state index is 0.0458. The number of carboxylic acid groups (broad SMARTS) is 1. The molecule has 1 saturated heterocycles. The summed E-state index contributed by atoms with van der Waals surface area (Å²) in [5.41, 5.74) is 0.584. The molecule has 0 radical (unpaired) electrons. The minimum Gasteiger partial charge on any atom is -0.477 e. The van der Waals surface area contributed by atoms with E-state index in [1.54, 1.807) is 16.6 Å². The van der Waals surface area contributed by atoms with Gasteiger partial charge < -0.3 is 10.0 Å². The van der Waals surface area contributed by atoms with Gasteiger partial charge in [0.15, 0.2) is 11.3 Å². The molecule has 18 heavy (non-hydrogen) atoms. The van der Waals surface area contributed by atoms with Gasteiger partial charge in [-0.3, -0.25) is 0 Å². The fourth-order valence-corrected chi connectivity index (χ4v) is 2.51. The first-order valence-corrected chi connectivity index (χ1v) is 6.38. The van der Waals surface area contributed by atoms with Crippen LogP contribution in [0.2, 0.25) is 0 Å². The fourth-order valence-electron chi connectivity index (χ4n) is 2.15. The van der Waals surface area contributed by atoms with Crippen molar-refractivity contribution in [1.82, 2.24) is 14.6 Å². The quantitative estimate of drug-likeness (QED) is 0.913. The third-order valence-corrected chi connectivity index (χ3v) is 3.37. The molecule has 7 heteroatoms. The Morgan fingerprint density at radius 2 is 2.22 bits per heavy atom. The number of halogens is 1. The molecule has 2 aromatic heterocycles. The molecule has 0 spiro atoms. The van der Waals surface area contributed by atoms with Crippen molar-refractivity contribution in [2.45, 2.75) is 6.92 Å². The lowest BCUT2D eigenvalue weighted by atomic mass is 10.0. The van der Waals surface area contributed by atoms with E-state index in [2.05, 4.69) is 37.8 Å². The van der Waals surface area contributed by atoms with Crippen LogP contribution < -0.4 is 4.90 Å². The minimum atomic E-state index is -1.02. The number of rotatable bonds is 2.